The second kappa shape index (κ2) is 4.59. The molecular formula is C22H14BFN4. The summed E-state index contributed by atoms with van der Waals surface area (Å²) in [5.74, 6) is 1.25. The number of aromatic nitrogens is 2. The predicted molar refractivity (Wildman–Crippen MR) is 110 cm³/mol. The first kappa shape index (κ1) is 14.4. The first-order valence-corrected chi connectivity index (χ1v) is 9.42. The Kier molecular flexibility index (Phi) is 2.36. The number of rotatable bonds is 0. The maximum atomic E-state index is 17.5. The van der Waals surface area contributed by atoms with Gasteiger partial charge in [-0.15, -0.1) is 0 Å². The minimum atomic E-state index is -2.84. The second-order valence-electron chi connectivity index (χ2n) is 7.45. The van der Waals surface area contributed by atoms with Gasteiger partial charge in [-0.1, -0.05) is 42.5 Å². The van der Waals surface area contributed by atoms with E-state index in [1.165, 1.54) is 0 Å². The highest BCUT2D eigenvalue weighted by atomic mass is 19.1. The molecule has 0 saturated carbocycles. The molecule has 0 N–H and O–H groups in total. The van der Waals surface area contributed by atoms with E-state index in [4.69, 9.17) is 4.99 Å². The molecule has 0 fully saturated rings. The summed E-state index contributed by atoms with van der Waals surface area (Å²) in [6.45, 7) is -2.84. The molecule has 0 aliphatic carbocycles. The van der Waals surface area contributed by atoms with Gasteiger partial charge in [0.1, 0.15) is 0 Å². The molecule has 6 heteroatoms. The fourth-order valence-electron chi connectivity index (χ4n) is 5.07. The van der Waals surface area contributed by atoms with Crippen LogP contribution in [0.3, 0.4) is 0 Å². The summed E-state index contributed by atoms with van der Waals surface area (Å²) in [6.07, 6.45) is 7.41. The summed E-state index contributed by atoms with van der Waals surface area (Å²) in [4.78, 5) is 6.42. The first-order chi connectivity index (χ1) is 13.8. The van der Waals surface area contributed by atoms with Crippen LogP contribution in [-0.4, -0.2) is 22.0 Å². The number of amidine groups is 1. The predicted octanol–water partition coefficient (Wildman–Crippen LogP) is 4.29. The molecule has 132 valence electrons. The molecular weight excluding hydrogens is 350 g/mol. The number of fused-ring (bicyclic) bond motifs is 7. The lowest BCUT2D eigenvalue weighted by Gasteiger charge is -2.47. The Bertz CT molecular complexity index is 1450. The van der Waals surface area contributed by atoms with Crippen LogP contribution >= 0.6 is 0 Å². The molecule has 0 radical (unpaired) electrons. The summed E-state index contributed by atoms with van der Waals surface area (Å²) < 4.78 is 21.2. The average Bonchev–Trinajstić information content (AvgIpc) is 3.08. The van der Waals surface area contributed by atoms with Gasteiger partial charge in [-0.05, 0) is 35.5 Å². The van der Waals surface area contributed by atoms with Gasteiger partial charge < -0.3 is 18.1 Å². The lowest BCUT2D eigenvalue weighted by molar-refractivity contribution is -0.542. The Balaban J connectivity index is 1.78. The highest BCUT2D eigenvalue weighted by Crippen LogP contribution is 2.42. The molecule has 0 spiro atoms. The highest BCUT2D eigenvalue weighted by Gasteiger charge is 2.54. The Morgan fingerprint density at radius 2 is 1.75 bits per heavy atom. The van der Waals surface area contributed by atoms with Gasteiger partial charge in [0.15, 0.2) is 0 Å². The minimum absolute atomic E-state index is 0.618. The SMILES string of the molecule is F[B-]12N3C=CC=CC3=Nc3cccc([n+]31)-c1cccc3c4ccccc4n2c13. The molecule has 0 bridgehead atoms. The lowest BCUT2D eigenvalue weighted by atomic mass is 9.75. The number of hydrogen-bond acceptors (Lipinski definition) is 2. The summed E-state index contributed by atoms with van der Waals surface area (Å²) in [5, 5.41) is 2.14. The number of aliphatic imine (C=N–C) groups is 1. The third-order valence-corrected chi connectivity index (χ3v) is 6.12. The van der Waals surface area contributed by atoms with Crippen LogP contribution in [0.5, 0.6) is 0 Å². The van der Waals surface area contributed by atoms with Gasteiger partial charge in [-0.3, -0.25) is 0 Å². The smallest absolute Gasteiger partial charge is 0.425 e. The fraction of sp³-hybridized carbons (Fsp3) is 0. The van der Waals surface area contributed by atoms with Crippen molar-refractivity contribution >= 4 is 40.3 Å². The largest absolute Gasteiger partial charge is 0.573 e. The summed E-state index contributed by atoms with van der Waals surface area (Å²) in [5.41, 5.74) is 3.71. The number of benzene rings is 2. The van der Waals surface area contributed by atoms with Crippen molar-refractivity contribution in [3.05, 3.63) is 85.1 Å². The highest BCUT2D eigenvalue weighted by molar-refractivity contribution is 6.67. The summed E-state index contributed by atoms with van der Waals surface area (Å²) in [7, 11) is 0. The normalized spacial score (nSPS) is 21.0. The van der Waals surface area contributed by atoms with Crippen molar-refractivity contribution in [2.24, 2.45) is 4.99 Å². The fourth-order valence-corrected chi connectivity index (χ4v) is 5.07. The number of nitrogens with zero attached hydrogens (tertiary/aromatic N) is 4. The van der Waals surface area contributed by atoms with Gasteiger partial charge in [-0.25, -0.2) is 0 Å². The number of allylic oxidation sites excluding steroid dienone is 2. The maximum absolute atomic E-state index is 17.5. The van der Waals surface area contributed by atoms with E-state index in [-0.39, 0.29) is 0 Å². The van der Waals surface area contributed by atoms with E-state index in [2.05, 4.69) is 18.2 Å². The number of para-hydroxylation sites is 2. The van der Waals surface area contributed by atoms with Crippen LogP contribution < -0.4 is 4.48 Å². The third kappa shape index (κ3) is 1.43. The van der Waals surface area contributed by atoms with Crippen LogP contribution in [0.1, 0.15) is 0 Å². The van der Waals surface area contributed by atoms with Crippen LogP contribution in [0.2, 0.25) is 0 Å². The Hall–Kier alpha value is -3.67. The number of halogens is 1. The van der Waals surface area contributed by atoms with Crippen molar-refractivity contribution in [3.63, 3.8) is 0 Å². The summed E-state index contributed by atoms with van der Waals surface area (Å²) in [6, 6.07) is 20.1. The first-order valence-electron chi connectivity index (χ1n) is 9.42. The minimum Gasteiger partial charge on any atom is -0.425 e. The molecule has 3 aliphatic heterocycles. The monoisotopic (exact) mass is 364 g/mol. The van der Waals surface area contributed by atoms with E-state index >= 15 is 4.32 Å². The van der Waals surface area contributed by atoms with E-state index in [0.717, 1.165) is 33.1 Å². The lowest BCUT2D eigenvalue weighted by Crippen LogP contribution is -2.79. The van der Waals surface area contributed by atoms with E-state index in [9.17, 15) is 0 Å². The molecule has 2 aromatic heterocycles. The molecule has 4 nitrogen and oxygen atoms in total. The zero-order valence-corrected chi connectivity index (χ0v) is 14.8. The van der Waals surface area contributed by atoms with Crippen LogP contribution in [-0.2, 0) is 0 Å². The zero-order chi connectivity index (χ0) is 18.5. The van der Waals surface area contributed by atoms with E-state index in [1.807, 2.05) is 65.2 Å². The number of hydrogen-bond donors (Lipinski definition) is 0. The molecule has 0 amide bonds. The molecule has 7 rings (SSSR count). The van der Waals surface area contributed by atoms with Crippen molar-refractivity contribution < 1.29 is 8.79 Å². The van der Waals surface area contributed by atoms with Crippen LogP contribution in [0.4, 0.5) is 10.1 Å². The van der Waals surface area contributed by atoms with Crippen molar-refractivity contribution in [1.82, 2.24) is 9.29 Å². The molecule has 4 aromatic rings. The molecule has 1 atom stereocenters. The average molecular weight is 364 g/mol. The molecule has 28 heavy (non-hydrogen) atoms. The molecule has 2 aromatic carbocycles. The summed E-state index contributed by atoms with van der Waals surface area (Å²) >= 11 is 0. The van der Waals surface area contributed by atoms with E-state index in [0.29, 0.717) is 11.7 Å². The standard InChI is InChI=1S/C22H14BFN4/c24-23-26-14-4-3-12-20(26)25-21-13-6-11-19(27(21)23)17-9-5-8-16-15-7-1-2-10-18(15)28(23)22(16)17/h1-14H. The van der Waals surface area contributed by atoms with Crippen molar-refractivity contribution in [3.8, 4) is 11.3 Å². The van der Waals surface area contributed by atoms with E-state index < -0.39 is 6.83 Å². The zero-order valence-electron chi connectivity index (χ0n) is 14.8. The second-order valence-corrected chi connectivity index (χ2v) is 7.45. The van der Waals surface area contributed by atoms with Crippen LogP contribution in [0.15, 0.2) is 90.1 Å². The van der Waals surface area contributed by atoms with Gasteiger partial charge in [0.2, 0.25) is 5.84 Å². The van der Waals surface area contributed by atoms with Crippen LogP contribution in [0, 0.1) is 0 Å². The maximum Gasteiger partial charge on any atom is 0.573 e. The Morgan fingerprint density at radius 3 is 2.71 bits per heavy atom. The van der Waals surface area contributed by atoms with Gasteiger partial charge in [-0.2, -0.15) is 0 Å². The molecule has 3 aliphatic rings. The molecule has 5 heterocycles. The molecule has 1 unspecified atom stereocenters. The van der Waals surface area contributed by atoms with Gasteiger partial charge in [0.05, 0.1) is 5.69 Å². The van der Waals surface area contributed by atoms with Crippen LogP contribution in [0.25, 0.3) is 33.1 Å². The Labute approximate surface area is 160 Å². The van der Waals surface area contributed by atoms with Crippen molar-refractivity contribution in [1.29, 1.82) is 0 Å². The third-order valence-electron chi connectivity index (χ3n) is 6.12. The topological polar surface area (TPSA) is 24.4 Å². The molecule has 0 saturated heterocycles. The van der Waals surface area contributed by atoms with Crippen molar-refractivity contribution in [2.75, 3.05) is 0 Å². The van der Waals surface area contributed by atoms with Crippen molar-refractivity contribution in [2.45, 2.75) is 0 Å². The van der Waals surface area contributed by atoms with Gasteiger partial charge in [0, 0.05) is 39.5 Å². The number of pyridine rings is 1. The van der Waals surface area contributed by atoms with Gasteiger partial charge in [0.25, 0.3) is 5.82 Å². The van der Waals surface area contributed by atoms with E-state index in [1.54, 1.807) is 15.5 Å². The van der Waals surface area contributed by atoms with Gasteiger partial charge >= 0.3 is 6.83 Å². The quantitative estimate of drug-likeness (QED) is 0.427. The Morgan fingerprint density at radius 1 is 0.893 bits per heavy atom.